The van der Waals surface area contributed by atoms with Gasteiger partial charge in [0.05, 0.1) is 24.6 Å². The lowest BCUT2D eigenvalue weighted by molar-refractivity contribution is 0.159. The van der Waals surface area contributed by atoms with E-state index in [0.29, 0.717) is 11.9 Å². The maximum atomic E-state index is 4.93. The number of nitrogens with one attached hydrogen (secondary N) is 1. The Morgan fingerprint density at radius 1 is 1.17 bits per heavy atom. The van der Waals surface area contributed by atoms with Crippen LogP contribution in [0.3, 0.4) is 0 Å². The minimum atomic E-state index is 0.153. The molecule has 10 heteroatoms. The highest BCUT2D eigenvalue weighted by Crippen LogP contribution is 2.34. The van der Waals surface area contributed by atoms with Crippen molar-refractivity contribution >= 4 is 27.4 Å². The summed E-state index contributed by atoms with van der Waals surface area (Å²) in [5.41, 5.74) is 2.74. The monoisotopic (exact) mass is 467 g/mol. The SMILES string of the molecule is CCN1CCN(c2ccnc(-c3cnc4cnc(Br)cn34)n2)[C@@H](c2cn[nH]c2)[C@H]1C. The first-order valence-corrected chi connectivity index (χ1v) is 10.8. The van der Waals surface area contributed by atoms with E-state index in [-0.39, 0.29) is 6.04 Å². The summed E-state index contributed by atoms with van der Waals surface area (Å²) in [6.45, 7) is 7.36. The van der Waals surface area contributed by atoms with Crippen molar-refractivity contribution in [2.75, 3.05) is 24.5 Å². The summed E-state index contributed by atoms with van der Waals surface area (Å²) in [7, 11) is 0. The number of imidazole rings is 1. The van der Waals surface area contributed by atoms with Crippen LogP contribution in [0.1, 0.15) is 25.5 Å². The van der Waals surface area contributed by atoms with E-state index in [0.717, 1.165) is 47.0 Å². The number of hydrogen-bond donors (Lipinski definition) is 1. The fourth-order valence-electron chi connectivity index (χ4n) is 4.29. The average Bonchev–Trinajstić information content (AvgIpc) is 3.43. The summed E-state index contributed by atoms with van der Waals surface area (Å²) in [5, 5.41) is 7.15. The average molecular weight is 468 g/mol. The van der Waals surface area contributed by atoms with Gasteiger partial charge < -0.3 is 4.90 Å². The zero-order chi connectivity index (χ0) is 20.7. The predicted octanol–water partition coefficient (Wildman–Crippen LogP) is 2.94. The summed E-state index contributed by atoms with van der Waals surface area (Å²) in [5.74, 6) is 1.53. The zero-order valence-corrected chi connectivity index (χ0v) is 18.4. The molecule has 0 unspecified atom stereocenters. The first-order valence-electron chi connectivity index (χ1n) is 9.97. The van der Waals surface area contributed by atoms with Crippen LogP contribution < -0.4 is 4.90 Å². The normalized spacial score (nSPS) is 20.2. The molecule has 0 saturated carbocycles. The summed E-state index contributed by atoms with van der Waals surface area (Å²) >= 11 is 3.43. The maximum absolute atomic E-state index is 4.93. The molecule has 0 spiro atoms. The molecular formula is C20H22BrN9. The van der Waals surface area contributed by atoms with Gasteiger partial charge in [0.1, 0.15) is 16.1 Å². The van der Waals surface area contributed by atoms with E-state index in [1.165, 1.54) is 0 Å². The van der Waals surface area contributed by atoms with Crippen LogP contribution >= 0.6 is 15.9 Å². The standard InChI is InChI=1S/C20H22BrN9/c1-3-28-6-7-29(19(13(28)2)14-8-25-26-9-14)17-4-5-22-20(27-17)15-10-24-18-11-23-16(21)12-30(15)18/h4-5,8-13,19H,3,6-7H2,1-2H3,(H,25,26)/t13-,19-/m1/s1. The number of likely N-dealkylation sites (N-methyl/N-ethyl adjacent to an activating group) is 1. The smallest absolute Gasteiger partial charge is 0.180 e. The number of piperazine rings is 1. The molecule has 0 amide bonds. The van der Waals surface area contributed by atoms with Crippen LogP contribution in [0.5, 0.6) is 0 Å². The number of halogens is 1. The van der Waals surface area contributed by atoms with Crippen LogP contribution in [0.25, 0.3) is 17.2 Å². The largest absolute Gasteiger partial charge is 0.346 e. The fourth-order valence-corrected chi connectivity index (χ4v) is 4.59. The van der Waals surface area contributed by atoms with Crippen LogP contribution in [0.2, 0.25) is 0 Å². The van der Waals surface area contributed by atoms with Crippen molar-refractivity contribution in [3.05, 3.63) is 53.4 Å². The quantitative estimate of drug-likeness (QED) is 0.493. The molecule has 5 heterocycles. The third kappa shape index (κ3) is 3.25. The molecule has 30 heavy (non-hydrogen) atoms. The van der Waals surface area contributed by atoms with E-state index in [1.807, 2.05) is 35.3 Å². The molecule has 4 aromatic rings. The van der Waals surface area contributed by atoms with Crippen LogP contribution in [-0.2, 0) is 0 Å². The van der Waals surface area contributed by atoms with Crippen LogP contribution in [-0.4, -0.2) is 65.1 Å². The summed E-state index contributed by atoms with van der Waals surface area (Å²) in [6.07, 6.45) is 11.1. The van der Waals surface area contributed by atoms with Gasteiger partial charge in [-0.3, -0.25) is 14.4 Å². The lowest BCUT2D eigenvalue weighted by atomic mass is 9.97. The molecule has 1 saturated heterocycles. The van der Waals surface area contributed by atoms with Gasteiger partial charge in [-0.05, 0) is 35.5 Å². The highest BCUT2D eigenvalue weighted by molar-refractivity contribution is 9.10. The Labute approximate surface area is 182 Å². The van der Waals surface area contributed by atoms with Crippen molar-refractivity contribution in [3.8, 4) is 11.5 Å². The van der Waals surface area contributed by atoms with Gasteiger partial charge in [-0.25, -0.2) is 19.9 Å². The molecule has 154 valence electrons. The fraction of sp³-hybridized carbons (Fsp3) is 0.350. The van der Waals surface area contributed by atoms with E-state index < -0.39 is 0 Å². The van der Waals surface area contributed by atoms with Gasteiger partial charge in [-0.15, -0.1) is 0 Å². The third-order valence-electron chi connectivity index (χ3n) is 5.79. The lowest BCUT2D eigenvalue weighted by Gasteiger charge is -2.46. The predicted molar refractivity (Wildman–Crippen MR) is 117 cm³/mol. The Kier molecular flexibility index (Phi) is 4.95. The first-order chi connectivity index (χ1) is 14.7. The van der Waals surface area contributed by atoms with Gasteiger partial charge in [-0.2, -0.15) is 5.10 Å². The minimum Gasteiger partial charge on any atom is -0.346 e. The molecule has 0 aliphatic carbocycles. The third-order valence-corrected chi connectivity index (χ3v) is 6.20. The number of anilines is 1. The van der Waals surface area contributed by atoms with Gasteiger partial charge in [0.2, 0.25) is 0 Å². The Bertz CT molecular complexity index is 1160. The van der Waals surface area contributed by atoms with Crippen LogP contribution in [0.4, 0.5) is 5.82 Å². The van der Waals surface area contributed by atoms with Crippen molar-refractivity contribution in [2.45, 2.75) is 25.9 Å². The molecule has 1 aliphatic heterocycles. The highest BCUT2D eigenvalue weighted by Gasteiger charge is 2.35. The van der Waals surface area contributed by atoms with Gasteiger partial charge in [0, 0.05) is 43.3 Å². The Balaban J connectivity index is 1.56. The van der Waals surface area contributed by atoms with Gasteiger partial charge in [-0.1, -0.05) is 6.92 Å². The van der Waals surface area contributed by atoms with Crippen molar-refractivity contribution in [1.29, 1.82) is 0 Å². The number of H-pyrrole nitrogens is 1. The van der Waals surface area contributed by atoms with Crippen molar-refractivity contribution in [2.24, 2.45) is 0 Å². The number of aromatic amines is 1. The Morgan fingerprint density at radius 2 is 2.07 bits per heavy atom. The highest BCUT2D eigenvalue weighted by atomic mass is 79.9. The van der Waals surface area contributed by atoms with E-state index in [1.54, 1.807) is 12.4 Å². The number of nitrogens with zero attached hydrogens (tertiary/aromatic N) is 8. The van der Waals surface area contributed by atoms with Crippen molar-refractivity contribution < 1.29 is 0 Å². The van der Waals surface area contributed by atoms with Gasteiger partial charge in [0.15, 0.2) is 11.5 Å². The molecule has 1 fully saturated rings. The van der Waals surface area contributed by atoms with Gasteiger partial charge in [0.25, 0.3) is 0 Å². The second kappa shape index (κ2) is 7.77. The molecule has 9 nitrogen and oxygen atoms in total. The van der Waals surface area contributed by atoms with E-state index >= 15 is 0 Å². The number of fused-ring (bicyclic) bond motifs is 1. The van der Waals surface area contributed by atoms with Crippen LogP contribution in [0, 0.1) is 0 Å². The topological polar surface area (TPSA) is 91.1 Å². The number of rotatable bonds is 4. The number of aromatic nitrogens is 7. The summed E-state index contributed by atoms with van der Waals surface area (Å²) < 4.78 is 2.68. The van der Waals surface area contributed by atoms with E-state index in [9.17, 15) is 0 Å². The molecule has 2 atom stereocenters. The molecule has 5 rings (SSSR count). The number of hydrogen-bond acceptors (Lipinski definition) is 7. The molecule has 1 aliphatic rings. The van der Waals surface area contributed by atoms with Crippen LogP contribution in [0.15, 0.2) is 47.9 Å². The Morgan fingerprint density at radius 3 is 2.87 bits per heavy atom. The molecule has 1 N–H and O–H groups in total. The zero-order valence-electron chi connectivity index (χ0n) is 16.8. The second-order valence-corrected chi connectivity index (χ2v) is 8.17. The van der Waals surface area contributed by atoms with Crippen molar-refractivity contribution in [1.82, 2.24) is 39.4 Å². The molecule has 0 aromatic carbocycles. The maximum Gasteiger partial charge on any atom is 0.180 e. The van der Waals surface area contributed by atoms with Gasteiger partial charge >= 0.3 is 0 Å². The Hall–Kier alpha value is -2.85. The lowest BCUT2D eigenvalue weighted by Crippen LogP contribution is -2.53. The van der Waals surface area contributed by atoms with Crippen molar-refractivity contribution in [3.63, 3.8) is 0 Å². The minimum absolute atomic E-state index is 0.153. The molecule has 0 radical (unpaired) electrons. The van der Waals surface area contributed by atoms with E-state index in [4.69, 9.17) is 4.98 Å². The molecule has 0 bridgehead atoms. The summed E-state index contributed by atoms with van der Waals surface area (Å²) in [6, 6.07) is 2.46. The first kappa shape index (κ1) is 19.1. The molecular weight excluding hydrogens is 446 g/mol. The second-order valence-electron chi connectivity index (χ2n) is 7.36. The molecule has 4 aromatic heterocycles. The summed E-state index contributed by atoms with van der Waals surface area (Å²) in [4.78, 5) is 23.0. The van der Waals surface area contributed by atoms with E-state index in [2.05, 4.69) is 64.7 Å².